The summed E-state index contributed by atoms with van der Waals surface area (Å²) in [5.74, 6) is 0. The molecule has 1 N–H and O–H groups in total. The molecule has 0 aromatic carbocycles. The maximum atomic E-state index is 9.67. The van der Waals surface area contributed by atoms with E-state index >= 15 is 0 Å². The van der Waals surface area contributed by atoms with Crippen LogP contribution >= 0.6 is 0 Å². The Bertz CT molecular complexity index is 221. The third kappa shape index (κ3) is 4.63. The van der Waals surface area contributed by atoms with Crippen molar-refractivity contribution in [3.05, 3.63) is 0 Å². The molecule has 0 unspecified atom stereocenters. The van der Waals surface area contributed by atoms with Crippen molar-refractivity contribution in [2.75, 3.05) is 13.1 Å². The second kappa shape index (κ2) is 5.48. The predicted octanol–water partition coefficient (Wildman–Crippen LogP) is 1.92. The van der Waals surface area contributed by atoms with Gasteiger partial charge in [0.05, 0.1) is 18.2 Å². The highest BCUT2D eigenvalue weighted by molar-refractivity contribution is 4.85. The van der Waals surface area contributed by atoms with Gasteiger partial charge in [-0.3, -0.25) is 4.90 Å². The molecule has 0 radical (unpaired) electrons. The number of nitriles is 1. The summed E-state index contributed by atoms with van der Waals surface area (Å²) in [5.41, 5.74) is -0.619. The first kappa shape index (κ1) is 12.5. The van der Waals surface area contributed by atoms with Crippen molar-refractivity contribution in [1.82, 2.24) is 4.90 Å². The van der Waals surface area contributed by atoms with Crippen LogP contribution in [0.15, 0.2) is 0 Å². The first-order chi connectivity index (χ1) is 7.03. The largest absolute Gasteiger partial charge is 0.390 e. The summed E-state index contributed by atoms with van der Waals surface area (Å²) >= 11 is 0. The highest BCUT2D eigenvalue weighted by atomic mass is 16.3. The molecule has 0 saturated heterocycles. The van der Waals surface area contributed by atoms with Crippen molar-refractivity contribution in [3.8, 4) is 6.07 Å². The van der Waals surface area contributed by atoms with Gasteiger partial charge >= 0.3 is 0 Å². The summed E-state index contributed by atoms with van der Waals surface area (Å²) in [6.45, 7) is 4.99. The van der Waals surface area contributed by atoms with Gasteiger partial charge in [0, 0.05) is 12.6 Å². The zero-order valence-corrected chi connectivity index (χ0v) is 9.87. The van der Waals surface area contributed by atoms with Crippen LogP contribution in [0.5, 0.6) is 0 Å². The summed E-state index contributed by atoms with van der Waals surface area (Å²) in [6.07, 6.45) is 5.75. The summed E-state index contributed by atoms with van der Waals surface area (Å²) in [5, 5.41) is 18.4. The molecule has 0 heterocycles. The molecule has 3 nitrogen and oxygen atoms in total. The normalized spacial score (nSPS) is 18.3. The van der Waals surface area contributed by atoms with E-state index in [2.05, 4.69) is 11.0 Å². The predicted molar refractivity (Wildman–Crippen MR) is 60.4 cm³/mol. The third-order valence-corrected chi connectivity index (χ3v) is 3.13. The molecule has 1 saturated carbocycles. The van der Waals surface area contributed by atoms with Gasteiger partial charge in [-0.05, 0) is 33.1 Å². The molecular formula is C12H22N2O. The first-order valence-corrected chi connectivity index (χ1v) is 5.86. The summed E-state index contributed by atoms with van der Waals surface area (Å²) in [4.78, 5) is 2.23. The van der Waals surface area contributed by atoms with Gasteiger partial charge in [0.15, 0.2) is 0 Å². The first-order valence-electron chi connectivity index (χ1n) is 5.86. The Hall–Kier alpha value is -0.590. The van der Waals surface area contributed by atoms with Crippen LogP contribution in [0.1, 0.15) is 46.0 Å². The van der Waals surface area contributed by atoms with Crippen LogP contribution in [0.25, 0.3) is 0 Å². The minimum atomic E-state index is -0.619. The van der Waals surface area contributed by atoms with E-state index < -0.39 is 5.60 Å². The third-order valence-electron chi connectivity index (χ3n) is 3.13. The molecule has 1 rings (SSSR count). The zero-order valence-electron chi connectivity index (χ0n) is 9.87. The fraction of sp³-hybridized carbons (Fsp3) is 0.917. The quantitative estimate of drug-likeness (QED) is 0.705. The lowest BCUT2D eigenvalue weighted by Crippen LogP contribution is -2.37. The van der Waals surface area contributed by atoms with Crippen LogP contribution in [0.3, 0.4) is 0 Å². The number of hydrogen-bond donors (Lipinski definition) is 1. The lowest BCUT2D eigenvalue weighted by Gasteiger charge is -2.28. The highest BCUT2D eigenvalue weighted by Gasteiger charge is 2.24. The zero-order chi connectivity index (χ0) is 11.3. The number of hydrogen-bond acceptors (Lipinski definition) is 3. The standard InChI is InChI=1S/C12H22N2O/c1-12(2,15)7-9-14(10-8-13)11-5-3-4-6-11/h11,15H,3-7,9-10H2,1-2H3. The van der Waals surface area contributed by atoms with Crippen molar-refractivity contribution in [2.45, 2.75) is 57.6 Å². The van der Waals surface area contributed by atoms with Crippen LogP contribution in [0.4, 0.5) is 0 Å². The Balaban J connectivity index is 2.40. The molecule has 0 amide bonds. The average molecular weight is 210 g/mol. The smallest absolute Gasteiger partial charge is 0.0868 e. The van der Waals surface area contributed by atoms with Gasteiger partial charge in [-0.2, -0.15) is 5.26 Å². The molecule has 0 bridgehead atoms. The minimum Gasteiger partial charge on any atom is -0.390 e. The van der Waals surface area contributed by atoms with Crippen LogP contribution in [-0.2, 0) is 0 Å². The van der Waals surface area contributed by atoms with Crippen molar-refractivity contribution in [1.29, 1.82) is 5.26 Å². The van der Waals surface area contributed by atoms with E-state index in [-0.39, 0.29) is 0 Å². The molecule has 15 heavy (non-hydrogen) atoms. The van der Waals surface area contributed by atoms with E-state index in [1.54, 1.807) is 0 Å². The topological polar surface area (TPSA) is 47.3 Å². The number of aliphatic hydroxyl groups is 1. The highest BCUT2D eigenvalue weighted by Crippen LogP contribution is 2.24. The molecule has 3 heteroatoms. The van der Waals surface area contributed by atoms with Gasteiger partial charge in [-0.15, -0.1) is 0 Å². The van der Waals surface area contributed by atoms with Gasteiger partial charge in [0.25, 0.3) is 0 Å². The Kier molecular flexibility index (Phi) is 4.56. The van der Waals surface area contributed by atoms with Gasteiger partial charge in [-0.1, -0.05) is 12.8 Å². The Labute approximate surface area is 92.7 Å². The molecule has 0 aromatic rings. The van der Waals surface area contributed by atoms with Crippen molar-refractivity contribution < 1.29 is 5.11 Å². The molecule has 0 atom stereocenters. The summed E-state index contributed by atoms with van der Waals surface area (Å²) in [6, 6.07) is 2.80. The summed E-state index contributed by atoms with van der Waals surface area (Å²) in [7, 11) is 0. The van der Waals surface area contributed by atoms with Crippen molar-refractivity contribution >= 4 is 0 Å². The molecule has 86 valence electrons. The van der Waals surface area contributed by atoms with Gasteiger partial charge in [-0.25, -0.2) is 0 Å². The molecule has 0 spiro atoms. The van der Waals surface area contributed by atoms with Crippen molar-refractivity contribution in [2.24, 2.45) is 0 Å². The molecule has 1 aliphatic rings. The lowest BCUT2D eigenvalue weighted by atomic mass is 10.0. The van der Waals surface area contributed by atoms with Crippen LogP contribution in [-0.4, -0.2) is 34.7 Å². The SMILES string of the molecule is CC(C)(O)CCN(CC#N)C1CCCC1. The maximum Gasteiger partial charge on any atom is 0.0868 e. The summed E-state index contributed by atoms with van der Waals surface area (Å²) < 4.78 is 0. The van der Waals surface area contributed by atoms with E-state index in [1.807, 2.05) is 13.8 Å². The fourth-order valence-electron chi connectivity index (χ4n) is 2.17. The van der Waals surface area contributed by atoms with E-state index in [1.165, 1.54) is 25.7 Å². The number of nitrogens with zero attached hydrogens (tertiary/aromatic N) is 2. The van der Waals surface area contributed by atoms with Gasteiger partial charge in [0.2, 0.25) is 0 Å². The van der Waals surface area contributed by atoms with E-state index in [0.29, 0.717) is 12.6 Å². The molecule has 1 fully saturated rings. The number of rotatable bonds is 5. The Morgan fingerprint density at radius 1 is 1.40 bits per heavy atom. The second-order valence-corrected chi connectivity index (χ2v) is 5.13. The fourth-order valence-corrected chi connectivity index (χ4v) is 2.17. The van der Waals surface area contributed by atoms with Crippen LogP contribution in [0.2, 0.25) is 0 Å². The van der Waals surface area contributed by atoms with Crippen LogP contribution < -0.4 is 0 Å². The monoisotopic (exact) mass is 210 g/mol. The molecule has 0 aliphatic heterocycles. The Morgan fingerprint density at radius 3 is 2.47 bits per heavy atom. The van der Waals surface area contributed by atoms with Gasteiger partial charge < -0.3 is 5.11 Å². The van der Waals surface area contributed by atoms with E-state index in [9.17, 15) is 5.11 Å². The minimum absolute atomic E-state index is 0.501. The van der Waals surface area contributed by atoms with E-state index in [0.717, 1.165) is 13.0 Å². The second-order valence-electron chi connectivity index (χ2n) is 5.13. The Morgan fingerprint density at radius 2 is 2.00 bits per heavy atom. The molecule has 1 aliphatic carbocycles. The molecule has 0 aromatic heterocycles. The lowest BCUT2D eigenvalue weighted by molar-refractivity contribution is 0.0536. The van der Waals surface area contributed by atoms with E-state index in [4.69, 9.17) is 5.26 Å². The van der Waals surface area contributed by atoms with Gasteiger partial charge in [0.1, 0.15) is 0 Å². The van der Waals surface area contributed by atoms with Crippen molar-refractivity contribution in [3.63, 3.8) is 0 Å². The molecular weight excluding hydrogens is 188 g/mol. The average Bonchev–Trinajstić information content (AvgIpc) is 2.63. The maximum absolute atomic E-state index is 9.67. The van der Waals surface area contributed by atoms with Crippen LogP contribution in [0, 0.1) is 11.3 Å².